The molecule has 0 saturated carbocycles. The van der Waals surface area contributed by atoms with E-state index in [1.54, 1.807) is 11.8 Å². The molecule has 2 amide bonds. The number of piperidine rings is 1. The zero-order valence-corrected chi connectivity index (χ0v) is 12.0. The number of urea groups is 1. The summed E-state index contributed by atoms with van der Waals surface area (Å²) in [5, 5.41) is 15.2. The zero-order chi connectivity index (χ0) is 15.2. The third-order valence-corrected chi connectivity index (χ3v) is 3.54. The van der Waals surface area contributed by atoms with Crippen molar-refractivity contribution < 1.29 is 19.2 Å². The van der Waals surface area contributed by atoms with Gasteiger partial charge in [0.2, 0.25) is 5.89 Å². The average molecular weight is 296 g/mol. The molecule has 0 bridgehead atoms. The molecule has 1 fully saturated rings. The van der Waals surface area contributed by atoms with E-state index in [2.05, 4.69) is 15.5 Å². The number of rotatable bonds is 5. The van der Waals surface area contributed by atoms with Gasteiger partial charge in [0.05, 0.1) is 6.54 Å². The van der Waals surface area contributed by atoms with E-state index in [-0.39, 0.29) is 25.0 Å². The van der Waals surface area contributed by atoms with Crippen LogP contribution in [-0.4, -0.2) is 44.7 Å². The summed E-state index contributed by atoms with van der Waals surface area (Å²) in [4.78, 5) is 28.6. The van der Waals surface area contributed by atoms with Gasteiger partial charge in [0.15, 0.2) is 5.82 Å². The van der Waals surface area contributed by atoms with Crippen LogP contribution in [0.2, 0.25) is 0 Å². The second-order valence-electron chi connectivity index (χ2n) is 5.17. The summed E-state index contributed by atoms with van der Waals surface area (Å²) in [5.74, 6) is 0.0544. The smallest absolute Gasteiger partial charge is 0.318 e. The van der Waals surface area contributed by atoms with E-state index in [0.29, 0.717) is 24.7 Å². The molecule has 8 heteroatoms. The second-order valence-corrected chi connectivity index (χ2v) is 5.17. The van der Waals surface area contributed by atoms with E-state index in [9.17, 15) is 9.59 Å². The minimum absolute atomic E-state index is 0.0146. The molecule has 0 aromatic carbocycles. The fraction of sp³-hybridized carbons (Fsp3) is 0.692. The van der Waals surface area contributed by atoms with Gasteiger partial charge in [-0.3, -0.25) is 4.79 Å². The minimum atomic E-state index is -0.831. The second kappa shape index (κ2) is 7.05. The molecule has 1 aliphatic rings. The highest BCUT2D eigenvalue weighted by Gasteiger charge is 2.27. The Bertz CT molecular complexity index is 502. The van der Waals surface area contributed by atoms with Crippen LogP contribution in [0.25, 0.3) is 0 Å². The Morgan fingerprint density at radius 2 is 2.29 bits per heavy atom. The lowest BCUT2D eigenvalue weighted by molar-refractivity contribution is -0.137. The molecule has 1 aromatic rings. The van der Waals surface area contributed by atoms with Crippen LogP contribution in [0.3, 0.4) is 0 Å². The molecule has 1 saturated heterocycles. The zero-order valence-electron chi connectivity index (χ0n) is 12.0. The molecule has 1 atom stereocenters. The van der Waals surface area contributed by atoms with Gasteiger partial charge in [-0.25, -0.2) is 4.79 Å². The molecule has 1 unspecified atom stereocenters. The Morgan fingerprint density at radius 1 is 1.48 bits per heavy atom. The predicted molar refractivity (Wildman–Crippen MR) is 72.5 cm³/mol. The Hall–Kier alpha value is -2.12. The largest absolute Gasteiger partial charge is 0.481 e. The van der Waals surface area contributed by atoms with Crippen LogP contribution in [0.4, 0.5) is 4.79 Å². The Morgan fingerprint density at radius 3 is 2.95 bits per heavy atom. The molecule has 0 radical (unpaired) electrons. The first-order chi connectivity index (χ1) is 10.1. The summed E-state index contributed by atoms with van der Waals surface area (Å²) in [7, 11) is 0. The molecule has 0 aliphatic carbocycles. The van der Waals surface area contributed by atoms with E-state index < -0.39 is 5.97 Å². The van der Waals surface area contributed by atoms with Crippen molar-refractivity contribution >= 4 is 12.0 Å². The third-order valence-electron chi connectivity index (χ3n) is 3.54. The van der Waals surface area contributed by atoms with Gasteiger partial charge >= 0.3 is 12.0 Å². The number of aryl methyl sites for hydroxylation is 1. The van der Waals surface area contributed by atoms with Crippen LogP contribution in [0.1, 0.15) is 43.8 Å². The van der Waals surface area contributed by atoms with Crippen molar-refractivity contribution in [3.8, 4) is 0 Å². The molecule has 2 rings (SSSR count). The maximum absolute atomic E-state index is 12.2. The number of hydrogen-bond acceptors (Lipinski definition) is 5. The third kappa shape index (κ3) is 4.44. The van der Waals surface area contributed by atoms with Crippen molar-refractivity contribution in [2.75, 3.05) is 6.54 Å². The normalized spacial score (nSPS) is 18.5. The number of likely N-dealkylation sites (tertiary alicyclic amines) is 1. The number of nitrogens with zero attached hydrogens (tertiary/aromatic N) is 3. The fourth-order valence-electron chi connectivity index (χ4n) is 2.52. The number of carboxylic acid groups (broad SMARTS) is 1. The van der Waals surface area contributed by atoms with E-state index in [4.69, 9.17) is 9.63 Å². The minimum Gasteiger partial charge on any atom is -0.481 e. The molecule has 0 spiro atoms. The summed E-state index contributed by atoms with van der Waals surface area (Å²) >= 11 is 0. The quantitative estimate of drug-likeness (QED) is 0.848. The highest BCUT2D eigenvalue weighted by atomic mass is 16.5. The van der Waals surface area contributed by atoms with Gasteiger partial charge in [-0.1, -0.05) is 5.16 Å². The lowest BCUT2D eigenvalue weighted by Gasteiger charge is -2.35. The van der Waals surface area contributed by atoms with Gasteiger partial charge < -0.3 is 19.8 Å². The van der Waals surface area contributed by atoms with Gasteiger partial charge in [-0.15, -0.1) is 0 Å². The van der Waals surface area contributed by atoms with Crippen LogP contribution >= 0.6 is 0 Å². The topological polar surface area (TPSA) is 109 Å². The van der Waals surface area contributed by atoms with Crippen molar-refractivity contribution in [2.45, 2.75) is 51.6 Å². The molecule has 2 heterocycles. The number of amides is 2. The SMILES string of the molecule is Cc1noc(CNC(=O)N2CCCCC2CCC(=O)O)n1. The van der Waals surface area contributed by atoms with Crippen molar-refractivity contribution in [1.29, 1.82) is 0 Å². The molecule has 1 aliphatic heterocycles. The van der Waals surface area contributed by atoms with E-state index in [1.165, 1.54) is 0 Å². The van der Waals surface area contributed by atoms with Crippen molar-refractivity contribution in [1.82, 2.24) is 20.4 Å². The van der Waals surface area contributed by atoms with E-state index in [0.717, 1.165) is 19.3 Å². The van der Waals surface area contributed by atoms with Gasteiger partial charge in [0.25, 0.3) is 0 Å². The van der Waals surface area contributed by atoms with Crippen LogP contribution in [-0.2, 0) is 11.3 Å². The summed E-state index contributed by atoms with van der Waals surface area (Å²) in [5.41, 5.74) is 0. The fourth-order valence-corrected chi connectivity index (χ4v) is 2.52. The number of carbonyl (C=O) groups excluding carboxylic acids is 1. The van der Waals surface area contributed by atoms with Gasteiger partial charge in [-0.2, -0.15) is 4.98 Å². The number of hydrogen-bond donors (Lipinski definition) is 2. The summed E-state index contributed by atoms with van der Waals surface area (Å²) in [6.07, 6.45) is 3.38. The highest BCUT2D eigenvalue weighted by Crippen LogP contribution is 2.21. The molecule has 1 aromatic heterocycles. The maximum Gasteiger partial charge on any atom is 0.318 e. The number of carboxylic acids is 1. The first-order valence-electron chi connectivity index (χ1n) is 7.11. The number of carbonyl (C=O) groups is 2. The van der Waals surface area contributed by atoms with Crippen molar-refractivity contribution in [3.63, 3.8) is 0 Å². The standard InChI is InChI=1S/C13H20N4O4/c1-9-15-11(21-16-9)8-14-13(20)17-7-3-2-4-10(17)5-6-12(18)19/h10H,2-8H2,1H3,(H,14,20)(H,18,19). The lowest BCUT2D eigenvalue weighted by Crippen LogP contribution is -2.48. The number of aromatic nitrogens is 2. The Labute approximate surface area is 122 Å². The van der Waals surface area contributed by atoms with E-state index in [1.807, 2.05) is 0 Å². The Kier molecular flexibility index (Phi) is 5.13. The number of aliphatic carboxylic acids is 1. The van der Waals surface area contributed by atoms with Crippen LogP contribution in [0, 0.1) is 6.92 Å². The molecule has 8 nitrogen and oxygen atoms in total. The molecule has 116 valence electrons. The monoisotopic (exact) mass is 296 g/mol. The van der Waals surface area contributed by atoms with Crippen molar-refractivity contribution in [3.05, 3.63) is 11.7 Å². The van der Waals surface area contributed by atoms with Gasteiger partial charge in [0.1, 0.15) is 0 Å². The van der Waals surface area contributed by atoms with Gasteiger partial charge in [0, 0.05) is 19.0 Å². The van der Waals surface area contributed by atoms with Crippen LogP contribution in [0.5, 0.6) is 0 Å². The molecular formula is C13H20N4O4. The van der Waals surface area contributed by atoms with E-state index >= 15 is 0 Å². The van der Waals surface area contributed by atoms with Crippen molar-refractivity contribution in [2.24, 2.45) is 0 Å². The first kappa shape index (κ1) is 15.3. The highest BCUT2D eigenvalue weighted by molar-refractivity contribution is 5.74. The molecule has 2 N–H and O–H groups in total. The summed E-state index contributed by atoms with van der Waals surface area (Å²) < 4.78 is 4.94. The maximum atomic E-state index is 12.2. The van der Waals surface area contributed by atoms with Gasteiger partial charge in [-0.05, 0) is 32.6 Å². The van der Waals surface area contributed by atoms with Crippen LogP contribution < -0.4 is 5.32 Å². The number of nitrogens with one attached hydrogen (secondary N) is 1. The van der Waals surface area contributed by atoms with Crippen LogP contribution in [0.15, 0.2) is 4.52 Å². The average Bonchev–Trinajstić information content (AvgIpc) is 2.88. The summed E-state index contributed by atoms with van der Waals surface area (Å²) in [6, 6.07) is -0.222. The molecule has 21 heavy (non-hydrogen) atoms. The predicted octanol–water partition coefficient (Wildman–Crippen LogP) is 1.31. The first-order valence-corrected chi connectivity index (χ1v) is 7.11. The lowest BCUT2D eigenvalue weighted by atomic mass is 9.98. The summed E-state index contributed by atoms with van der Waals surface area (Å²) in [6.45, 7) is 2.54. The Balaban J connectivity index is 1.87. The molecular weight excluding hydrogens is 276 g/mol.